The molecule has 1 aliphatic carbocycles. The summed E-state index contributed by atoms with van der Waals surface area (Å²) in [5.41, 5.74) is 3.91. The predicted octanol–water partition coefficient (Wildman–Crippen LogP) is 2.04. The van der Waals surface area contributed by atoms with Crippen LogP contribution in [0, 0.1) is 0 Å². The van der Waals surface area contributed by atoms with E-state index in [2.05, 4.69) is 22.8 Å². The number of aromatic nitrogens is 1. The number of rotatable bonds is 4. The molecule has 2 fully saturated rings. The Morgan fingerprint density at radius 3 is 2.83 bits per heavy atom. The van der Waals surface area contributed by atoms with Gasteiger partial charge in [0.25, 0.3) is 0 Å². The summed E-state index contributed by atoms with van der Waals surface area (Å²) in [4.78, 5) is 19.1. The second-order valence-corrected chi connectivity index (χ2v) is 7.49. The molecule has 2 saturated heterocycles. The topological polar surface area (TPSA) is 57.3 Å². The summed E-state index contributed by atoms with van der Waals surface area (Å²) in [5.74, 6) is 0. The van der Waals surface area contributed by atoms with E-state index in [1.165, 1.54) is 49.1 Å². The number of carbonyl (C=O) groups is 1. The lowest BCUT2D eigenvalue weighted by Crippen LogP contribution is -2.55. The minimum absolute atomic E-state index is 0.104. The molecule has 0 radical (unpaired) electrons. The molecule has 3 aliphatic rings. The Labute approximate surface area is 144 Å². The Hall–Kier alpha value is -1.62. The zero-order valence-electron chi connectivity index (χ0n) is 14.4. The second-order valence-electron chi connectivity index (χ2n) is 7.49. The number of amides is 2. The Balaban J connectivity index is 1.21. The van der Waals surface area contributed by atoms with Crippen LogP contribution in [0.1, 0.15) is 49.1 Å². The van der Waals surface area contributed by atoms with Crippen LogP contribution in [0.15, 0.2) is 12.1 Å². The minimum atomic E-state index is 0.104. The summed E-state index contributed by atoms with van der Waals surface area (Å²) in [6.07, 6.45) is 9.20. The van der Waals surface area contributed by atoms with Crippen molar-refractivity contribution in [3.63, 3.8) is 0 Å². The molecule has 130 valence electrons. The highest BCUT2D eigenvalue weighted by Crippen LogP contribution is 2.21. The fraction of sp³-hybridized carbons (Fsp3) is 0.684. The molecule has 0 spiro atoms. The van der Waals surface area contributed by atoms with Crippen LogP contribution >= 0.6 is 0 Å². The molecule has 5 nitrogen and oxygen atoms in total. The summed E-state index contributed by atoms with van der Waals surface area (Å²) >= 11 is 0. The number of fused-ring (bicyclic) bond motifs is 3. The van der Waals surface area contributed by atoms with E-state index < -0.39 is 0 Å². The van der Waals surface area contributed by atoms with Crippen LogP contribution in [-0.2, 0) is 19.3 Å². The van der Waals surface area contributed by atoms with Gasteiger partial charge in [-0.2, -0.15) is 0 Å². The Morgan fingerprint density at radius 2 is 2.00 bits per heavy atom. The number of hydrogen-bond donors (Lipinski definition) is 2. The molecule has 2 atom stereocenters. The Kier molecular flexibility index (Phi) is 4.69. The molecule has 2 bridgehead atoms. The number of piperazine rings is 1. The molecule has 2 aliphatic heterocycles. The molecule has 2 amide bonds. The minimum Gasteiger partial charge on any atom is -0.338 e. The van der Waals surface area contributed by atoms with Gasteiger partial charge in [0, 0.05) is 43.1 Å². The molecule has 1 aromatic rings. The summed E-state index contributed by atoms with van der Waals surface area (Å²) in [6, 6.07) is 5.54. The summed E-state index contributed by atoms with van der Waals surface area (Å²) < 4.78 is 0. The number of likely N-dealkylation sites (tertiary alicyclic amines) is 1. The third-order valence-corrected chi connectivity index (χ3v) is 5.63. The lowest BCUT2D eigenvalue weighted by atomic mass is 9.95. The third-order valence-electron chi connectivity index (χ3n) is 5.63. The number of urea groups is 1. The first-order valence-corrected chi connectivity index (χ1v) is 9.54. The molecule has 0 aromatic carbocycles. The van der Waals surface area contributed by atoms with Gasteiger partial charge < -0.3 is 15.5 Å². The Bertz CT molecular complexity index is 591. The van der Waals surface area contributed by atoms with Crippen molar-refractivity contribution in [1.82, 2.24) is 20.5 Å². The first kappa shape index (κ1) is 15.9. The normalized spacial score (nSPS) is 25.4. The maximum absolute atomic E-state index is 12.3. The van der Waals surface area contributed by atoms with Gasteiger partial charge in [-0.15, -0.1) is 0 Å². The van der Waals surface area contributed by atoms with Crippen LogP contribution in [-0.4, -0.2) is 47.6 Å². The van der Waals surface area contributed by atoms with Gasteiger partial charge in [-0.3, -0.25) is 4.98 Å². The highest BCUT2D eigenvalue weighted by atomic mass is 16.2. The van der Waals surface area contributed by atoms with Crippen LogP contribution in [0.2, 0.25) is 0 Å². The molecule has 3 heterocycles. The monoisotopic (exact) mass is 328 g/mol. The molecule has 4 rings (SSSR count). The second kappa shape index (κ2) is 7.09. The number of carbonyl (C=O) groups excluding carboxylic acids is 1. The number of nitrogens with one attached hydrogen (secondary N) is 2. The third kappa shape index (κ3) is 3.56. The van der Waals surface area contributed by atoms with Gasteiger partial charge in [-0.05, 0) is 63.0 Å². The van der Waals surface area contributed by atoms with E-state index in [9.17, 15) is 4.79 Å². The SMILES string of the molecule is O=C(NCCCc1ccc2c(n1)CCCC2)N1CC2CCC(C1)N2. The average molecular weight is 328 g/mol. The van der Waals surface area contributed by atoms with Gasteiger partial charge >= 0.3 is 6.03 Å². The van der Waals surface area contributed by atoms with Gasteiger partial charge in [-0.1, -0.05) is 6.07 Å². The number of hydrogen-bond acceptors (Lipinski definition) is 3. The highest BCUT2D eigenvalue weighted by molar-refractivity contribution is 5.74. The first-order chi connectivity index (χ1) is 11.8. The zero-order valence-corrected chi connectivity index (χ0v) is 14.4. The van der Waals surface area contributed by atoms with Crippen LogP contribution in [0.4, 0.5) is 4.79 Å². The number of nitrogens with zero attached hydrogens (tertiary/aromatic N) is 2. The van der Waals surface area contributed by atoms with Crippen LogP contribution < -0.4 is 10.6 Å². The van der Waals surface area contributed by atoms with Crippen molar-refractivity contribution < 1.29 is 4.79 Å². The molecule has 1 aromatic heterocycles. The van der Waals surface area contributed by atoms with E-state index in [0.29, 0.717) is 12.1 Å². The van der Waals surface area contributed by atoms with Crippen molar-refractivity contribution in [2.24, 2.45) is 0 Å². The van der Waals surface area contributed by atoms with Crippen molar-refractivity contribution in [3.8, 4) is 0 Å². The fourth-order valence-corrected chi connectivity index (χ4v) is 4.31. The van der Waals surface area contributed by atoms with E-state index in [0.717, 1.165) is 38.9 Å². The van der Waals surface area contributed by atoms with E-state index >= 15 is 0 Å². The van der Waals surface area contributed by atoms with Gasteiger partial charge in [0.1, 0.15) is 0 Å². The van der Waals surface area contributed by atoms with E-state index in [-0.39, 0.29) is 6.03 Å². The Morgan fingerprint density at radius 1 is 1.21 bits per heavy atom. The zero-order chi connectivity index (χ0) is 16.4. The van der Waals surface area contributed by atoms with Crippen LogP contribution in [0.3, 0.4) is 0 Å². The summed E-state index contributed by atoms with van der Waals surface area (Å²) in [5, 5.41) is 6.64. The molecule has 2 N–H and O–H groups in total. The molecule has 2 unspecified atom stereocenters. The van der Waals surface area contributed by atoms with Gasteiger partial charge in [0.15, 0.2) is 0 Å². The van der Waals surface area contributed by atoms with Crippen molar-refractivity contribution >= 4 is 6.03 Å². The lowest BCUT2D eigenvalue weighted by molar-refractivity contribution is 0.175. The van der Waals surface area contributed by atoms with Crippen LogP contribution in [0.5, 0.6) is 0 Å². The fourth-order valence-electron chi connectivity index (χ4n) is 4.31. The molecule has 5 heteroatoms. The molecule has 24 heavy (non-hydrogen) atoms. The number of pyridine rings is 1. The quantitative estimate of drug-likeness (QED) is 0.832. The average Bonchev–Trinajstić information content (AvgIpc) is 2.96. The highest BCUT2D eigenvalue weighted by Gasteiger charge is 2.33. The lowest BCUT2D eigenvalue weighted by Gasteiger charge is -2.32. The van der Waals surface area contributed by atoms with Crippen molar-refractivity contribution in [2.75, 3.05) is 19.6 Å². The van der Waals surface area contributed by atoms with E-state index in [1.54, 1.807) is 0 Å². The predicted molar refractivity (Wildman–Crippen MR) is 94.1 cm³/mol. The summed E-state index contributed by atoms with van der Waals surface area (Å²) in [6.45, 7) is 2.44. The van der Waals surface area contributed by atoms with E-state index in [1.807, 2.05) is 4.90 Å². The standard InChI is InChI=1S/C19H28N4O/c24-19(23-12-16-9-10-17(13-23)21-16)20-11-3-5-15-8-7-14-4-1-2-6-18(14)22-15/h7-8,16-17,21H,1-6,9-13H2,(H,20,24). The largest absolute Gasteiger partial charge is 0.338 e. The molecular formula is C19H28N4O. The van der Waals surface area contributed by atoms with Crippen molar-refractivity contribution in [3.05, 3.63) is 29.1 Å². The molecule has 0 saturated carbocycles. The van der Waals surface area contributed by atoms with Gasteiger partial charge in [-0.25, -0.2) is 4.79 Å². The van der Waals surface area contributed by atoms with E-state index in [4.69, 9.17) is 4.98 Å². The van der Waals surface area contributed by atoms with Crippen molar-refractivity contribution in [2.45, 2.75) is 63.5 Å². The maximum Gasteiger partial charge on any atom is 0.317 e. The van der Waals surface area contributed by atoms with Crippen LogP contribution in [0.25, 0.3) is 0 Å². The maximum atomic E-state index is 12.3. The number of aryl methyl sites for hydroxylation is 3. The first-order valence-electron chi connectivity index (χ1n) is 9.54. The summed E-state index contributed by atoms with van der Waals surface area (Å²) in [7, 11) is 0. The molecular weight excluding hydrogens is 300 g/mol. The van der Waals surface area contributed by atoms with Crippen molar-refractivity contribution in [1.29, 1.82) is 0 Å². The van der Waals surface area contributed by atoms with Gasteiger partial charge in [0.05, 0.1) is 0 Å². The van der Waals surface area contributed by atoms with Gasteiger partial charge in [0.2, 0.25) is 0 Å². The smallest absolute Gasteiger partial charge is 0.317 e.